The van der Waals surface area contributed by atoms with Gasteiger partial charge in [-0.1, -0.05) is 0 Å². The zero-order valence-electron chi connectivity index (χ0n) is 13.2. The molecule has 0 fully saturated rings. The predicted octanol–water partition coefficient (Wildman–Crippen LogP) is 3.49. The van der Waals surface area contributed by atoms with Crippen molar-refractivity contribution >= 4 is 31.7 Å². The Morgan fingerprint density at radius 3 is 2.74 bits per heavy atom. The molecule has 2 aromatic rings. The van der Waals surface area contributed by atoms with Gasteiger partial charge in [-0.2, -0.15) is 0 Å². The van der Waals surface area contributed by atoms with Crippen LogP contribution in [0.15, 0.2) is 36.4 Å². The number of benzene rings is 2. The Hall–Kier alpha value is -2.02. The second-order valence-corrected chi connectivity index (χ2v) is 7.00. The Morgan fingerprint density at radius 1 is 1.26 bits per heavy atom. The molecule has 0 radical (unpaired) electrons. The molecule has 1 unspecified atom stereocenters. The average molecular weight is 376 g/mol. The third kappa shape index (κ3) is 4.72. The van der Waals surface area contributed by atoms with E-state index in [9.17, 15) is 4.79 Å². The van der Waals surface area contributed by atoms with E-state index in [0.717, 1.165) is 33.8 Å². The van der Waals surface area contributed by atoms with E-state index < -0.39 is 0 Å². The monoisotopic (exact) mass is 377 g/mol. The quantitative estimate of drug-likeness (QED) is 0.422. The van der Waals surface area contributed by atoms with Gasteiger partial charge < -0.3 is 4.74 Å². The molecule has 4 nitrogen and oxygen atoms in total. The Kier molecular flexibility index (Phi) is 6.46. The Labute approximate surface area is 142 Å². The summed E-state index contributed by atoms with van der Waals surface area (Å²) in [4.78, 5) is 14.3. The first kappa shape index (κ1) is 17.3. The van der Waals surface area contributed by atoms with E-state index in [0.29, 0.717) is 6.61 Å². The number of rotatable bonds is 7. The van der Waals surface area contributed by atoms with Gasteiger partial charge in [0.2, 0.25) is 0 Å². The van der Waals surface area contributed by atoms with Crippen LogP contribution in [0.3, 0.4) is 0 Å². The summed E-state index contributed by atoms with van der Waals surface area (Å²) in [6.07, 6.45) is 0.754. The van der Waals surface area contributed by atoms with Crippen LogP contribution in [0.2, 0.25) is 5.32 Å². The van der Waals surface area contributed by atoms with Crippen LogP contribution in [0.5, 0.6) is 5.75 Å². The molecule has 0 amide bonds. The number of hydrogen-bond donors (Lipinski definition) is 0. The van der Waals surface area contributed by atoms with Crippen molar-refractivity contribution in [2.24, 2.45) is 0 Å². The maximum atomic E-state index is 12.1. The van der Waals surface area contributed by atoms with Crippen molar-refractivity contribution in [3.8, 4) is 10.7 Å². The van der Waals surface area contributed by atoms with Crippen LogP contribution in [0.25, 0.3) is 10.8 Å². The van der Waals surface area contributed by atoms with Crippen LogP contribution < -0.4 is 4.74 Å². The van der Waals surface area contributed by atoms with Crippen molar-refractivity contribution in [2.45, 2.75) is 24.6 Å². The number of methoxy groups -OCH3 is 1. The Bertz CT molecular complexity index is 724. The summed E-state index contributed by atoms with van der Waals surface area (Å²) in [6.45, 7) is 2.24. The van der Waals surface area contributed by atoms with E-state index in [1.54, 1.807) is 7.11 Å². The van der Waals surface area contributed by atoms with E-state index >= 15 is 0 Å². The fourth-order valence-electron chi connectivity index (χ4n) is 2.25. The molecule has 0 spiro atoms. The fraction of sp³-hybridized carbons (Fsp3) is 0.333. The van der Waals surface area contributed by atoms with Gasteiger partial charge in [-0.3, -0.25) is 0 Å². The minimum absolute atomic E-state index is 0.00255. The van der Waals surface area contributed by atoms with Crippen LogP contribution in [0.4, 0.5) is 0 Å². The molecular weight excluding hydrogens is 357 g/mol. The summed E-state index contributed by atoms with van der Waals surface area (Å²) >= 11 is -0.00255. The molecule has 0 aromatic heterocycles. The molecule has 5 heteroatoms. The molecule has 2 rings (SSSR count). The molecule has 0 aliphatic carbocycles. The van der Waals surface area contributed by atoms with Crippen molar-refractivity contribution in [2.75, 3.05) is 13.7 Å². The molecule has 120 valence electrons. The topological polar surface area (TPSA) is 59.3 Å². The molecular formula is C18H19NO3Se. The normalized spacial score (nSPS) is 11.7. The number of nitrogens with zero attached hydrogens (tertiary/aromatic N) is 1. The average Bonchev–Trinajstić information content (AvgIpc) is 2.59. The molecule has 0 N–H and O–H groups in total. The van der Waals surface area contributed by atoms with Crippen LogP contribution in [0.1, 0.15) is 24.8 Å². The van der Waals surface area contributed by atoms with Gasteiger partial charge in [-0.05, 0) is 0 Å². The minimum atomic E-state index is -0.303. The third-order valence-electron chi connectivity index (χ3n) is 3.62. The number of fused-ring (bicyclic) bond motifs is 1. The van der Waals surface area contributed by atoms with Crippen molar-refractivity contribution in [3.05, 3.63) is 42.0 Å². The zero-order chi connectivity index (χ0) is 16.7. The molecule has 2 aromatic carbocycles. The summed E-state index contributed by atoms with van der Waals surface area (Å²) in [7, 11) is 1.64. The van der Waals surface area contributed by atoms with Gasteiger partial charge in [0, 0.05) is 0 Å². The number of carbonyl (C=O) groups excluding carboxylic acids is 1. The first-order chi connectivity index (χ1) is 11.2. The number of esters is 1. The summed E-state index contributed by atoms with van der Waals surface area (Å²) in [6, 6.07) is 11.8. The van der Waals surface area contributed by atoms with Gasteiger partial charge in [0.25, 0.3) is 0 Å². The summed E-state index contributed by atoms with van der Waals surface area (Å²) < 4.78 is 10.5. The molecule has 0 saturated carbocycles. The third-order valence-corrected chi connectivity index (χ3v) is 4.93. The van der Waals surface area contributed by atoms with Crippen molar-refractivity contribution in [1.82, 2.24) is 0 Å². The maximum absolute atomic E-state index is 12.1. The first-order valence-electron chi connectivity index (χ1n) is 7.41. The van der Waals surface area contributed by atoms with E-state index in [2.05, 4.69) is 4.97 Å². The second kappa shape index (κ2) is 8.57. The molecule has 23 heavy (non-hydrogen) atoms. The second-order valence-electron chi connectivity index (χ2n) is 5.16. The van der Waals surface area contributed by atoms with Crippen LogP contribution >= 0.6 is 0 Å². The van der Waals surface area contributed by atoms with Crippen LogP contribution in [0, 0.1) is 10.2 Å². The predicted molar refractivity (Wildman–Crippen MR) is 90.7 cm³/mol. The van der Waals surface area contributed by atoms with Crippen molar-refractivity contribution in [1.29, 1.82) is 5.26 Å². The van der Waals surface area contributed by atoms with Crippen LogP contribution in [-0.4, -0.2) is 34.6 Å². The van der Waals surface area contributed by atoms with E-state index in [-0.39, 0.29) is 26.8 Å². The van der Waals surface area contributed by atoms with Crippen molar-refractivity contribution in [3.63, 3.8) is 0 Å². The van der Waals surface area contributed by atoms with Gasteiger partial charge in [-0.25, -0.2) is 0 Å². The first-order valence-corrected chi connectivity index (χ1v) is 9.47. The molecule has 0 aliphatic heterocycles. The summed E-state index contributed by atoms with van der Waals surface area (Å²) in [5.74, 6) is 0.293. The standard InChI is InChI=1S/C18H19NO3Se/c1-13(18(20)22-8-3-9-23-12-19)14-4-5-16-11-17(21-2)7-6-15(16)10-14/h4-7,10-11,13H,3,8-9H2,1-2H3. The molecule has 1 atom stereocenters. The SMILES string of the molecule is COc1ccc2cc(C(C)C(=O)OCCC[Se]C#N)ccc2c1. The number of ether oxygens (including phenoxy) is 2. The summed E-state index contributed by atoms with van der Waals surface area (Å²) in [5.41, 5.74) is 0.939. The van der Waals surface area contributed by atoms with Crippen LogP contribution in [-0.2, 0) is 9.53 Å². The molecule has 0 heterocycles. The van der Waals surface area contributed by atoms with Gasteiger partial charge in [0.1, 0.15) is 0 Å². The zero-order valence-corrected chi connectivity index (χ0v) is 15.0. The number of hydrogen-bond acceptors (Lipinski definition) is 4. The number of carbonyl (C=O) groups is 1. The fourth-order valence-corrected chi connectivity index (χ4v) is 2.99. The van der Waals surface area contributed by atoms with E-state index in [4.69, 9.17) is 14.7 Å². The molecule has 0 saturated heterocycles. The summed E-state index contributed by atoms with van der Waals surface area (Å²) in [5, 5.41) is 11.5. The van der Waals surface area contributed by atoms with Gasteiger partial charge in [0.05, 0.1) is 7.11 Å². The van der Waals surface area contributed by atoms with Crippen molar-refractivity contribution < 1.29 is 14.3 Å². The van der Waals surface area contributed by atoms with Gasteiger partial charge >= 0.3 is 130 Å². The van der Waals surface area contributed by atoms with E-state index in [1.807, 2.05) is 43.3 Å². The number of nitriles is 1. The Balaban J connectivity index is 2.01. The van der Waals surface area contributed by atoms with E-state index in [1.165, 1.54) is 0 Å². The van der Waals surface area contributed by atoms with Gasteiger partial charge in [-0.15, -0.1) is 0 Å². The molecule has 0 aliphatic rings. The molecule has 0 bridgehead atoms. The van der Waals surface area contributed by atoms with Gasteiger partial charge in [0.15, 0.2) is 0 Å². The Morgan fingerprint density at radius 2 is 2.00 bits per heavy atom.